The molecule has 0 radical (unpaired) electrons. The minimum atomic E-state index is -3.62. The SMILES string of the molecule is CCCOS(=O)(=O)C=CO.[H-].[Na+]. The number of hydrogen-bond donors (Lipinski definition) is 1. The van der Waals surface area contributed by atoms with Gasteiger partial charge in [0, 0.05) is 0 Å². The Morgan fingerprint density at radius 3 is 2.55 bits per heavy atom. The number of aliphatic hydroxyl groups excluding tert-OH is 1. The summed E-state index contributed by atoms with van der Waals surface area (Å²) < 4.78 is 25.4. The van der Waals surface area contributed by atoms with Crippen molar-refractivity contribution in [1.82, 2.24) is 0 Å². The Bertz CT molecular complexity index is 201. The average Bonchev–Trinajstić information content (AvgIpc) is 1.84. The van der Waals surface area contributed by atoms with Gasteiger partial charge in [-0.15, -0.1) is 0 Å². The molecule has 0 bridgehead atoms. The van der Waals surface area contributed by atoms with E-state index in [1.807, 2.05) is 0 Å². The molecule has 0 aliphatic carbocycles. The van der Waals surface area contributed by atoms with Crippen LogP contribution in [0.2, 0.25) is 0 Å². The smallest absolute Gasteiger partial charge is 1.00 e. The Labute approximate surface area is 90.1 Å². The fraction of sp³-hybridized carbons (Fsp3) is 0.600. The van der Waals surface area contributed by atoms with Gasteiger partial charge in [-0.3, -0.25) is 4.18 Å². The monoisotopic (exact) mass is 190 g/mol. The normalized spacial score (nSPS) is 11.4. The van der Waals surface area contributed by atoms with Crippen LogP contribution in [-0.4, -0.2) is 20.1 Å². The summed E-state index contributed by atoms with van der Waals surface area (Å²) in [5.41, 5.74) is 0. The first-order chi connectivity index (χ1) is 4.62. The molecule has 0 aromatic heterocycles. The van der Waals surface area contributed by atoms with E-state index in [1.54, 1.807) is 6.92 Å². The zero-order valence-corrected chi connectivity index (χ0v) is 9.47. The molecule has 0 spiro atoms. The van der Waals surface area contributed by atoms with Crippen molar-refractivity contribution in [1.29, 1.82) is 0 Å². The van der Waals surface area contributed by atoms with Crippen LogP contribution < -0.4 is 29.6 Å². The van der Waals surface area contributed by atoms with Gasteiger partial charge in [0.05, 0.1) is 18.3 Å². The average molecular weight is 190 g/mol. The van der Waals surface area contributed by atoms with Gasteiger partial charge in [-0.25, -0.2) is 0 Å². The molecule has 4 nitrogen and oxygen atoms in total. The van der Waals surface area contributed by atoms with E-state index in [0.717, 1.165) is 0 Å². The molecule has 0 saturated heterocycles. The van der Waals surface area contributed by atoms with E-state index in [-0.39, 0.29) is 37.6 Å². The predicted octanol–water partition coefficient (Wildman–Crippen LogP) is -2.11. The van der Waals surface area contributed by atoms with Crippen molar-refractivity contribution >= 4 is 10.1 Å². The van der Waals surface area contributed by atoms with E-state index in [1.165, 1.54) is 0 Å². The van der Waals surface area contributed by atoms with Gasteiger partial charge >= 0.3 is 29.6 Å². The maximum absolute atomic E-state index is 10.5. The molecule has 0 saturated carbocycles. The zero-order chi connectivity index (χ0) is 8.04. The number of aliphatic hydroxyl groups is 1. The Morgan fingerprint density at radius 2 is 2.18 bits per heavy atom. The largest absolute Gasteiger partial charge is 1.00 e. The Balaban J connectivity index is -0.000000405. The zero-order valence-electron chi connectivity index (χ0n) is 7.65. The maximum atomic E-state index is 10.5. The second-order valence-corrected chi connectivity index (χ2v) is 3.09. The minimum Gasteiger partial charge on any atom is -1.00 e. The molecule has 6 heteroatoms. The molecule has 0 heterocycles. The number of rotatable bonds is 4. The summed E-state index contributed by atoms with van der Waals surface area (Å²) in [6.45, 7) is 1.94. The van der Waals surface area contributed by atoms with Gasteiger partial charge in [-0.1, -0.05) is 6.92 Å². The van der Waals surface area contributed by atoms with Gasteiger partial charge in [0.2, 0.25) is 0 Å². The summed E-state index contributed by atoms with van der Waals surface area (Å²) in [5, 5.41) is 8.66. The van der Waals surface area contributed by atoms with Crippen LogP contribution in [0.4, 0.5) is 0 Å². The Hall–Kier alpha value is 0.450. The molecular weight excluding hydrogens is 179 g/mol. The molecule has 0 aliphatic heterocycles. The van der Waals surface area contributed by atoms with Crippen molar-refractivity contribution in [2.45, 2.75) is 13.3 Å². The van der Waals surface area contributed by atoms with Crippen LogP contribution in [0.3, 0.4) is 0 Å². The van der Waals surface area contributed by atoms with E-state index in [9.17, 15) is 8.42 Å². The van der Waals surface area contributed by atoms with Crippen molar-refractivity contribution in [3.05, 3.63) is 11.7 Å². The van der Waals surface area contributed by atoms with Gasteiger partial charge in [-0.05, 0) is 6.42 Å². The minimum absolute atomic E-state index is 0. The first-order valence-corrected chi connectivity index (χ1v) is 4.29. The van der Waals surface area contributed by atoms with E-state index in [2.05, 4.69) is 4.18 Å². The van der Waals surface area contributed by atoms with Gasteiger partial charge in [0.1, 0.15) is 0 Å². The molecule has 0 aliphatic rings. The molecular formula is C5H11NaO4S. The summed E-state index contributed by atoms with van der Waals surface area (Å²) in [4.78, 5) is 0. The first-order valence-electron chi connectivity index (χ1n) is 2.82. The van der Waals surface area contributed by atoms with Crippen molar-refractivity contribution in [3.8, 4) is 0 Å². The second-order valence-electron chi connectivity index (χ2n) is 1.60. The quantitative estimate of drug-likeness (QED) is 0.313. The third kappa shape index (κ3) is 8.36. The van der Waals surface area contributed by atoms with Crippen LogP contribution in [0.25, 0.3) is 0 Å². The predicted molar refractivity (Wildman–Crippen MR) is 38.0 cm³/mol. The van der Waals surface area contributed by atoms with Crippen molar-refractivity contribution in [2.24, 2.45) is 0 Å². The molecule has 11 heavy (non-hydrogen) atoms. The summed E-state index contributed by atoms with van der Waals surface area (Å²) in [5.74, 6) is 0. The molecule has 0 aromatic rings. The molecule has 0 aromatic carbocycles. The third-order valence-corrected chi connectivity index (χ3v) is 1.63. The topological polar surface area (TPSA) is 63.6 Å². The van der Waals surface area contributed by atoms with Crippen LogP contribution in [-0.2, 0) is 14.3 Å². The van der Waals surface area contributed by atoms with Crippen molar-refractivity contribution in [3.63, 3.8) is 0 Å². The molecule has 62 valence electrons. The molecule has 0 atom stereocenters. The standard InChI is InChI=1S/C5H10O4S.Na.H/c1-2-4-9-10(7,8)5-3-6;;/h3,5-6H,2,4H2,1H3;;/q;+1;-1. The van der Waals surface area contributed by atoms with Gasteiger partial charge < -0.3 is 6.53 Å². The molecule has 0 amide bonds. The van der Waals surface area contributed by atoms with Crippen LogP contribution in [0.5, 0.6) is 0 Å². The van der Waals surface area contributed by atoms with Crippen molar-refractivity contribution in [2.75, 3.05) is 6.61 Å². The van der Waals surface area contributed by atoms with Crippen LogP contribution in [0.15, 0.2) is 11.7 Å². The van der Waals surface area contributed by atoms with E-state index >= 15 is 0 Å². The molecule has 0 unspecified atom stereocenters. The summed E-state index contributed by atoms with van der Waals surface area (Å²) in [6.07, 6.45) is 1.06. The Morgan fingerprint density at radius 1 is 1.64 bits per heavy atom. The molecule has 0 fully saturated rings. The summed E-state index contributed by atoms with van der Waals surface area (Å²) in [6, 6.07) is 0. The summed E-state index contributed by atoms with van der Waals surface area (Å²) >= 11 is 0. The third-order valence-electron chi connectivity index (χ3n) is 0.679. The number of hydrogen-bond acceptors (Lipinski definition) is 4. The second kappa shape index (κ2) is 7.12. The van der Waals surface area contributed by atoms with Crippen molar-refractivity contribution < 1.29 is 48.7 Å². The summed E-state index contributed by atoms with van der Waals surface area (Å²) in [7, 11) is -3.62. The van der Waals surface area contributed by atoms with Gasteiger partial charge in [0.15, 0.2) is 0 Å². The fourth-order valence-electron chi connectivity index (χ4n) is 0.313. The van der Waals surface area contributed by atoms with E-state index in [0.29, 0.717) is 18.1 Å². The van der Waals surface area contributed by atoms with Crippen LogP contribution in [0, 0.1) is 0 Å². The fourth-order valence-corrected chi connectivity index (χ4v) is 0.940. The molecule has 0 rings (SSSR count). The maximum Gasteiger partial charge on any atom is 1.00 e. The Kier molecular flexibility index (Phi) is 9.06. The van der Waals surface area contributed by atoms with Gasteiger partial charge in [-0.2, -0.15) is 8.42 Å². The van der Waals surface area contributed by atoms with E-state index < -0.39 is 10.1 Å². The molecule has 1 N–H and O–H groups in total. The van der Waals surface area contributed by atoms with Crippen LogP contribution in [0.1, 0.15) is 14.8 Å². The van der Waals surface area contributed by atoms with Crippen LogP contribution >= 0.6 is 0 Å². The first kappa shape index (κ1) is 14.0. The van der Waals surface area contributed by atoms with E-state index in [4.69, 9.17) is 5.11 Å². The van der Waals surface area contributed by atoms with Gasteiger partial charge in [0.25, 0.3) is 10.1 Å².